The molecular weight excluding hydrogens is 693 g/mol. The van der Waals surface area contributed by atoms with E-state index in [1.54, 1.807) is 40.5 Å². The number of carbonyl (C=O) groups is 2. The molecule has 16 heteroatoms. The van der Waals surface area contributed by atoms with Crippen molar-refractivity contribution in [3.05, 3.63) is 82.4 Å². The number of nitrogen functional groups attached to an aromatic ring is 1. The van der Waals surface area contributed by atoms with Gasteiger partial charge in [-0.2, -0.15) is 13.2 Å². The zero-order valence-electron chi connectivity index (χ0n) is 28.9. The molecule has 0 bridgehead atoms. The molecule has 282 valence electrons. The number of nitrogens with one attached hydrogen (secondary N) is 1. The lowest BCUT2D eigenvalue weighted by atomic mass is 9.68. The predicted molar refractivity (Wildman–Crippen MR) is 180 cm³/mol. The number of nitrogens with two attached hydrogens (primary N) is 1. The Hall–Kier alpha value is -4.73. The third-order valence-electron chi connectivity index (χ3n) is 10.2. The van der Waals surface area contributed by atoms with Gasteiger partial charge in [0.1, 0.15) is 12.1 Å². The molecule has 0 spiro atoms. The topological polar surface area (TPSA) is 160 Å². The van der Waals surface area contributed by atoms with Crippen molar-refractivity contribution >= 4 is 17.7 Å². The summed E-state index contributed by atoms with van der Waals surface area (Å²) in [6.07, 6.45) is -6.34. The van der Waals surface area contributed by atoms with Crippen molar-refractivity contribution in [2.75, 3.05) is 18.8 Å². The SMILES string of the molecule is CC(C)(C)[C@@](NC(=O)O)(c1ccc(Oc2ncn(CC3(O)CCN(C(=O)[C@@H]4CCC(F)(F)C[C@H]4c4ccccc4)CC3)c(=O)c2N)cc1)C(F)(F)F. The largest absolute Gasteiger partial charge is 0.465 e. The van der Waals surface area contributed by atoms with Gasteiger partial charge in [-0.15, -0.1) is 0 Å². The Morgan fingerprint density at radius 1 is 1.02 bits per heavy atom. The first-order valence-corrected chi connectivity index (χ1v) is 16.8. The van der Waals surface area contributed by atoms with Crippen molar-refractivity contribution in [1.29, 1.82) is 0 Å². The van der Waals surface area contributed by atoms with Gasteiger partial charge in [0.15, 0.2) is 11.2 Å². The average Bonchev–Trinajstić information content (AvgIpc) is 3.06. The van der Waals surface area contributed by atoms with Crippen LogP contribution in [0.25, 0.3) is 0 Å². The minimum Gasteiger partial charge on any atom is -0.465 e. The van der Waals surface area contributed by atoms with E-state index in [2.05, 4.69) is 4.98 Å². The summed E-state index contributed by atoms with van der Waals surface area (Å²) in [5.41, 5.74) is -0.891. The molecule has 0 radical (unpaired) electrons. The zero-order chi connectivity index (χ0) is 38.3. The van der Waals surface area contributed by atoms with Gasteiger partial charge in [-0.1, -0.05) is 63.2 Å². The van der Waals surface area contributed by atoms with Crippen molar-refractivity contribution in [2.24, 2.45) is 11.3 Å². The summed E-state index contributed by atoms with van der Waals surface area (Å²) in [7, 11) is 0. The summed E-state index contributed by atoms with van der Waals surface area (Å²) in [4.78, 5) is 44.0. The number of ether oxygens (including phenoxy) is 1. The highest BCUT2D eigenvalue weighted by Crippen LogP contribution is 2.51. The molecule has 0 unspecified atom stereocenters. The molecule has 2 aliphatic rings. The van der Waals surface area contributed by atoms with Gasteiger partial charge in [0.2, 0.25) is 17.7 Å². The quantitative estimate of drug-likeness (QED) is 0.197. The van der Waals surface area contributed by atoms with Crippen molar-refractivity contribution < 1.29 is 46.5 Å². The molecule has 3 atom stereocenters. The van der Waals surface area contributed by atoms with Crippen LogP contribution in [0.2, 0.25) is 0 Å². The van der Waals surface area contributed by atoms with E-state index >= 15 is 0 Å². The van der Waals surface area contributed by atoms with Crippen LogP contribution in [0.3, 0.4) is 0 Å². The Morgan fingerprint density at radius 2 is 1.63 bits per heavy atom. The normalized spacial score (nSPS) is 21.5. The average molecular weight is 736 g/mol. The Morgan fingerprint density at radius 3 is 2.19 bits per heavy atom. The third kappa shape index (κ3) is 7.71. The number of rotatable bonds is 8. The van der Waals surface area contributed by atoms with Gasteiger partial charge in [0.05, 0.1) is 12.1 Å². The molecule has 5 rings (SSSR count). The van der Waals surface area contributed by atoms with E-state index < -0.39 is 69.8 Å². The highest BCUT2D eigenvalue weighted by atomic mass is 19.4. The first-order valence-electron chi connectivity index (χ1n) is 16.8. The monoisotopic (exact) mass is 735 g/mol. The Kier molecular flexibility index (Phi) is 10.4. The van der Waals surface area contributed by atoms with Gasteiger partial charge in [-0.25, -0.2) is 18.6 Å². The minimum absolute atomic E-state index is 0.0349. The number of aromatic nitrogens is 2. The van der Waals surface area contributed by atoms with Gasteiger partial charge in [0.25, 0.3) is 5.56 Å². The Labute approximate surface area is 296 Å². The first-order chi connectivity index (χ1) is 24.2. The van der Waals surface area contributed by atoms with Gasteiger partial charge in [-0.3, -0.25) is 14.2 Å². The van der Waals surface area contributed by atoms with E-state index in [9.17, 15) is 46.5 Å². The number of anilines is 1. The Bertz CT molecular complexity index is 1810. The van der Waals surface area contributed by atoms with Crippen LogP contribution in [-0.4, -0.2) is 67.5 Å². The third-order valence-corrected chi connectivity index (χ3v) is 10.2. The second kappa shape index (κ2) is 14.0. The van der Waals surface area contributed by atoms with E-state index in [-0.39, 0.29) is 62.9 Å². The first kappa shape index (κ1) is 38.5. The molecule has 11 nitrogen and oxygen atoms in total. The predicted octanol–water partition coefficient (Wildman–Crippen LogP) is 6.26. The van der Waals surface area contributed by atoms with Crippen LogP contribution < -0.4 is 21.3 Å². The number of piperidine rings is 1. The molecule has 2 amide bonds. The molecule has 5 N–H and O–H groups in total. The van der Waals surface area contributed by atoms with Crippen LogP contribution in [0.15, 0.2) is 65.7 Å². The number of alkyl halides is 5. The van der Waals surface area contributed by atoms with E-state index in [0.29, 0.717) is 5.56 Å². The molecule has 1 aromatic heterocycles. The number of benzene rings is 2. The summed E-state index contributed by atoms with van der Waals surface area (Å²) >= 11 is 0. The number of halogens is 5. The van der Waals surface area contributed by atoms with E-state index in [4.69, 9.17) is 10.5 Å². The fourth-order valence-corrected chi connectivity index (χ4v) is 7.41. The van der Waals surface area contributed by atoms with Crippen LogP contribution in [0.5, 0.6) is 11.6 Å². The highest BCUT2D eigenvalue weighted by Gasteiger charge is 2.63. The molecule has 2 aromatic carbocycles. The summed E-state index contributed by atoms with van der Waals surface area (Å²) in [5.74, 6) is -4.76. The van der Waals surface area contributed by atoms with Crippen molar-refractivity contribution in [3.8, 4) is 11.6 Å². The number of likely N-dealkylation sites (tertiary alicyclic amines) is 1. The second-order valence-electron chi connectivity index (χ2n) is 14.7. The molecule has 1 aliphatic carbocycles. The molecule has 2 fully saturated rings. The number of carbonyl (C=O) groups excluding carboxylic acids is 1. The summed E-state index contributed by atoms with van der Waals surface area (Å²) in [6.45, 7) is 3.83. The maximum Gasteiger partial charge on any atom is 0.416 e. The number of aliphatic hydroxyl groups is 1. The van der Waals surface area contributed by atoms with E-state index in [1.165, 1.54) is 20.8 Å². The summed E-state index contributed by atoms with van der Waals surface area (Å²) < 4.78 is 78.9. The highest BCUT2D eigenvalue weighted by molar-refractivity contribution is 5.80. The van der Waals surface area contributed by atoms with Crippen LogP contribution in [-0.2, 0) is 16.9 Å². The smallest absolute Gasteiger partial charge is 0.416 e. The summed E-state index contributed by atoms with van der Waals surface area (Å²) in [6, 6.07) is 13.2. The lowest BCUT2D eigenvalue weighted by Crippen LogP contribution is -2.63. The fraction of sp³-hybridized carbons (Fsp3) is 0.500. The van der Waals surface area contributed by atoms with Gasteiger partial charge in [0, 0.05) is 37.8 Å². The lowest BCUT2D eigenvalue weighted by Gasteiger charge is -2.45. The van der Waals surface area contributed by atoms with Gasteiger partial charge < -0.3 is 30.9 Å². The molecule has 3 aromatic rings. The van der Waals surface area contributed by atoms with E-state index in [1.807, 2.05) is 0 Å². The lowest BCUT2D eigenvalue weighted by molar-refractivity contribution is -0.228. The van der Waals surface area contributed by atoms with Crippen molar-refractivity contribution in [2.45, 2.75) is 88.6 Å². The van der Waals surface area contributed by atoms with Crippen LogP contribution in [0.4, 0.5) is 32.4 Å². The number of carboxylic acid groups (broad SMARTS) is 1. The van der Waals surface area contributed by atoms with Crippen molar-refractivity contribution in [1.82, 2.24) is 19.8 Å². The number of nitrogens with zero attached hydrogens (tertiary/aromatic N) is 3. The van der Waals surface area contributed by atoms with Gasteiger partial charge >= 0.3 is 12.3 Å². The number of hydrogen-bond acceptors (Lipinski definition) is 7. The molecule has 52 heavy (non-hydrogen) atoms. The summed E-state index contributed by atoms with van der Waals surface area (Å²) in [5, 5.41) is 22.3. The molecule has 1 saturated heterocycles. The molecule has 1 saturated carbocycles. The maximum atomic E-state index is 14.4. The molecule has 1 aliphatic heterocycles. The molecular formula is C36H42F5N5O6. The standard InChI is InChI=1S/C36H42F5N5O6/c1-32(2,3)35(36(39,40)41,44-31(49)50)23-9-11-24(12-10-23)52-28-27(42)30(48)46(21-43-28)20-33(51)15-17-45(18-16-33)29(47)25-13-14-34(37,38)19-26(25)22-7-5-4-6-8-22/h4-12,21,25-26,44,51H,13-20,42H2,1-3H3,(H,49,50)/t25-,26+,35+/m1/s1. The Balaban J connectivity index is 1.26. The fourth-order valence-electron chi connectivity index (χ4n) is 7.41. The van der Waals surface area contributed by atoms with Gasteiger partial charge in [-0.05, 0) is 47.9 Å². The van der Waals surface area contributed by atoms with Crippen LogP contribution >= 0.6 is 0 Å². The number of amides is 2. The van der Waals surface area contributed by atoms with Crippen molar-refractivity contribution in [3.63, 3.8) is 0 Å². The number of hydrogen-bond donors (Lipinski definition) is 4. The second-order valence-corrected chi connectivity index (χ2v) is 14.7. The van der Waals surface area contributed by atoms with E-state index in [0.717, 1.165) is 35.2 Å². The molecule has 2 heterocycles. The minimum atomic E-state index is -5.01. The van der Waals surface area contributed by atoms with Crippen LogP contribution in [0, 0.1) is 11.3 Å². The maximum absolute atomic E-state index is 14.4. The van der Waals surface area contributed by atoms with Crippen LogP contribution in [0.1, 0.15) is 69.9 Å². The zero-order valence-corrected chi connectivity index (χ0v) is 28.9.